The standard InChI is InChI=1S/2C10H20O2.Fe/c2*1-9(2)7-5-3-4-6-8-10(11)12;/h2*9H,3-8H2,1-2H3,(H,11,12);/q;;+2/p-2. The van der Waals surface area contributed by atoms with Crippen molar-refractivity contribution in [1.82, 2.24) is 0 Å². The summed E-state index contributed by atoms with van der Waals surface area (Å²) in [6.07, 6.45) is 11.3. The van der Waals surface area contributed by atoms with E-state index in [2.05, 4.69) is 27.7 Å². The number of hydrogen-bond acceptors (Lipinski definition) is 4. The summed E-state index contributed by atoms with van der Waals surface area (Å²) in [6, 6.07) is 0. The Morgan fingerprint density at radius 3 is 1.12 bits per heavy atom. The van der Waals surface area contributed by atoms with Crippen molar-refractivity contribution in [2.75, 3.05) is 0 Å². The summed E-state index contributed by atoms with van der Waals surface area (Å²) in [6.45, 7) is 8.84. The smallest absolute Gasteiger partial charge is 0.550 e. The number of carbonyl (C=O) groups is 2. The fraction of sp³-hybridized carbons (Fsp3) is 0.900. The van der Waals surface area contributed by atoms with Crippen molar-refractivity contribution in [2.24, 2.45) is 11.8 Å². The van der Waals surface area contributed by atoms with E-state index in [4.69, 9.17) is 0 Å². The van der Waals surface area contributed by atoms with Crippen LogP contribution in [0.1, 0.15) is 105 Å². The summed E-state index contributed by atoms with van der Waals surface area (Å²) in [5.41, 5.74) is 0. The molecule has 0 saturated heterocycles. The van der Waals surface area contributed by atoms with Crippen LogP contribution in [0, 0.1) is 11.8 Å². The minimum Gasteiger partial charge on any atom is -0.550 e. The van der Waals surface area contributed by atoms with Crippen molar-refractivity contribution in [3.05, 3.63) is 0 Å². The maximum Gasteiger partial charge on any atom is 2.00 e. The molecule has 0 fully saturated rings. The number of rotatable bonds is 14. The second kappa shape index (κ2) is 21.5. The molecule has 0 N–H and O–H groups in total. The Bertz CT molecular complexity index is 274. The zero-order valence-electron chi connectivity index (χ0n) is 16.6. The first-order chi connectivity index (χ1) is 11.3. The third-order valence-corrected chi connectivity index (χ3v) is 3.82. The van der Waals surface area contributed by atoms with Gasteiger partial charge in [-0.05, 0) is 37.5 Å². The van der Waals surface area contributed by atoms with Gasteiger partial charge in [0, 0.05) is 11.9 Å². The molecule has 4 nitrogen and oxygen atoms in total. The van der Waals surface area contributed by atoms with Gasteiger partial charge < -0.3 is 19.8 Å². The first-order valence-corrected chi connectivity index (χ1v) is 9.65. The summed E-state index contributed by atoms with van der Waals surface area (Å²) in [5, 5.41) is 20.1. The van der Waals surface area contributed by atoms with Gasteiger partial charge in [0.15, 0.2) is 0 Å². The van der Waals surface area contributed by atoms with Gasteiger partial charge in [0.2, 0.25) is 0 Å². The quantitative estimate of drug-likeness (QED) is 0.332. The van der Waals surface area contributed by atoms with Gasteiger partial charge in [-0.1, -0.05) is 79.1 Å². The summed E-state index contributed by atoms with van der Waals surface area (Å²) < 4.78 is 0. The number of carboxylic acid groups (broad SMARTS) is 2. The van der Waals surface area contributed by atoms with Crippen molar-refractivity contribution in [2.45, 2.75) is 105 Å². The second-order valence-corrected chi connectivity index (χ2v) is 7.44. The predicted octanol–water partition coefficient (Wildman–Crippen LogP) is 3.46. The Balaban J connectivity index is -0.000000372. The Morgan fingerprint density at radius 2 is 0.880 bits per heavy atom. The van der Waals surface area contributed by atoms with E-state index in [1.165, 1.54) is 25.7 Å². The summed E-state index contributed by atoms with van der Waals surface area (Å²) >= 11 is 0. The van der Waals surface area contributed by atoms with Gasteiger partial charge in [-0.15, -0.1) is 0 Å². The Morgan fingerprint density at radius 1 is 0.600 bits per heavy atom. The molecule has 5 heteroatoms. The molecule has 0 amide bonds. The van der Waals surface area contributed by atoms with Crippen molar-refractivity contribution < 1.29 is 36.9 Å². The monoisotopic (exact) mass is 398 g/mol. The SMILES string of the molecule is CC(C)CCCCCCC(=O)[O-].CC(C)CCCCCCC(=O)[O-].[Fe+2]. The number of unbranched alkanes of at least 4 members (excludes halogenated alkanes) is 6. The molecule has 0 atom stereocenters. The van der Waals surface area contributed by atoms with E-state index < -0.39 is 11.9 Å². The molecule has 25 heavy (non-hydrogen) atoms. The van der Waals surface area contributed by atoms with Crippen LogP contribution < -0.4 is 10.2 Å². The molecule has 0 spiro atoms. The van der Waals surface area contributed by atoms with E-state index in [1.807, 2.05) is 0 Å². The van der Waals surface area contributed by atoms with Crippen LogP contribution in [0.15, 0.2) is 0 Å². The van der Waals surface area contributed by atoms with Gasteiger partial charge in [-0.2, -0.15) is 0 Å². The topological polar surface area (TPSA) is 80.3 Å². The fourth-order valence-electron chi connectivity index (χ4n) is 2.35. The maximum absolute atomic E-state index is 10.0. The number of hydrogen-bond donors (Lipinski definition) is 0. The minimum atomic E-state index is -0.918. The van der Waals surface area contributed by atoms with Crippen LogP contribution in [0.2, 0.25) is 0 Å². The Labute approximate surface area is 165 Å². The van der Waals surface area contributed by atoms with Crippen molar-refractivity contribution in [3.8, 4) is 0 Å². The van der Waals surface area contributed by atoms with E-state index in [0.29, 0.717) is 0 Å². The molecule has 0 unspecified atom stereocenters. The molecule has 0 radical (unpaired) electrons. The normalized spacial score (nSPS) is 10.2. The predicted molar refractivity (Wildman–Crippen MR) is 95.1 cm³/mol. The maximum atomic E-state index is 10.0. The molecular weight excluding hydrogens is 360 g/mol. The molecule has 0 heterocycles. The average Bonchev–Trinajstić information content (AvgIpc) is 2.46. The van der Waals surface area contributed by atoms with E-state index in [9.17, 15) is 19.8 Å². The van der Waals surface area contributed by atoms with Crippen molar-refractivity contribution in [1.29, 1.82) is 0 Å². The summed E-state index contributed by atoms with van der Waals surface area (Å²) in [7, 11) is 0. The molecular formula is C20H38FeO4. The molecule has 0 aliphatic heterocycles. The molecule has 0 aliphatic carbocycles. The van der Waals surface area contributed by atoms with Crippen LogP contribution in [0.4, 0.5) is 0 Å². The molecule has 0 aromatic carbocycles. The van der Waals surface area contributed by atoms with Gasteiger partial charge in [-0.25, -0.2) is 0 Å². The number of carboxylic acids is 2. The van der Waals surface area contributed by atoms with Gasteiger partial charge in [-0.3, -0.25) is 0 Å². The molecule has 0 aliphatic rings. The molecule has 150 valence electrons. The fourth-order valence-corrected chi connectivity index (χ4v) is 2.35. The molecule has 0 rings (SSSR count). The zero-order valence-corrected chi connectivity index (χ0v) is 17.7. The van der Waals surface area contributed by atoms with Crippen molar-refractivity contribution >= 4 is 11.9 Å². The average molecular weight is 398 g/mol. The molecule has 0 bridgehead atoms. The Hall–Kier alpha value is -0.541. The van der Waals surface area contributed by atoms with Crippen LogP contribution in [0.3, 0.4) is 0 Å². The van der Waals surface area contributed by atoms with E-state index in [0.717, 1.165) is 50.4 Å². The van der Waals surface area contributed by atoms with Crippen LogP contribution in [-0.2, 0) is 26.7 Å². The van der Waals surface area contributed by atoms with Crippen LogP contribution in [0.5, 0.6) is 0 Å². The molecule has 0 aromatic rings. The van der Waals surface area contributed by atoms with E-state index in [-0.39, 0.29) is 29.9 Å². The zero-order chi connectivity index (χ0) is 18.8. The number of carbonyl (C=O) groups excluding carboxylic acids is 2. The third kappa shape index (κ3) is 35.4. The first-order valence-electron chi connectivity index (χ1n) is 9.65. The largest absolute Gasteiger partial charge is 2.00 e. The Kier molecular flexibility index (Phi) is 25.1. The minimum absolute atomic E-state index is 0. The van der Waals surface area contributed by atoms with Gasteiger partial charge in [0.25, 0.3) is 0 Å². The second-order valence-electron chi connectivity index (χ2n) is 7.44. The number of aliphatic carboxylic acids is 2. The molecule has 0 aromatic heterocycles. The van der Waals surface area contributed by atoms with E-state index >= 15 is 0 Å². The van der Waals surface area contributed by atoms with Gasteiger partial charge in [0.05, 0.1) is 0 Å². The van der Waals surface area contributed by atoms with E-state index in [1.54, 1.807) is 0 Å². The van der Waals surface area contributed by atoms with Crippen molar-refractivity contribution in [3.63, 3.8) is 0 Å². The summed E-state index contributed by atoms with van der Waals surface area (Å²) in [5.74, 6) is -0.296. The van der Waals surface area contributed by atoms with Crippen LogP contribution >= 0.6 is 0 Å². The third-order valence-electron chi connectivity index (χ3n) is 3.82. The van der Waals surface area contributed by atoms with Crippen LogP contribution in [0.25, 0.3) is 0 Å². The van der Waals surface area contributed by atoms with Gasteiger partial charge in [0.1, 0.15) is 0 Å². The van der Waals surface area contributed by atoms with Crippen LogP contribution in [-0.4, -0.2) is 11.9 Å². The first kappa shape index (κ1) is 29.2. The summed E-state index contributed by atoms with van der Waals surface area (Å²) in [4.78, 5) is 20.1. The van der Waals surface area contributed by atoms with Gasteiger partial charge >= 0.3 is 17.1 Å². The molecule has 0 saturated carbocycles.